The molecule has 0 fully saturated rings. The van der Waals surface area contributed by atoms with Gasteiger partial charge in [0.15, 0.2) is 0 Å². The van der Waals surface area contributed by atoms with Gasteiger partial charge in [-0.25, -0.2) is 0 Å². The molecule has 0 N–H and O–H groups in total. The molecule has 2 unspecified atom stereocenters. The normalized spacial score (nSPS) is 20.8. The number of nitrogens with zero attached hydrogens (tertiary/aromatic N) is 1. The molecule has 9 rings (SSSR count). The third-order valence-electron chi connectivity index (χ3n) is 11.0. The highest BCUT2D eigenvalue weighted by molar-refractivity contribution is 7.19. The largest absolute Gasteiger partial charge is 0.315 e. The fourth-order valence-electron chi connectivity index (χ4n) is 8.57. The van der Waals surface area contributed by atoms with Crippen molar-refractivity contribution in [3.05, 3.63) is 183 Å². The van der Waals surface area contributed by atoms with E-state index in [1.54, 1.807) is 5.57 Å². The van der Waals surface area contributed by atoms with Crippen molar-refractivity contribution in [2.75, 3.05) is 4.90 Å². The van der Waals surface area contributed by atoms with E-state index < -0.39 is 0 Å². The highest BCUT2D eigenvalue weighted by Gasteiger charge is 2.42. The van der Waals surface area contributed by atoms with Crippen molar-refractivity contribution >= 4 is 38.8 Å². The predicted molar refractivity (Wildman–Crippen MR) is 201 cm³/mol. The maximum atomic E-state index is 2.58. The van der Waals surface area contributed by atoms with E-state index in [9.17, 15) is 0 Å². The maximum Gasteiger partial charge on any atom is 0.0461 e. The van der Waals surface area contributed by atoms with Crippen molar-refractivity contribution in [2.24, 2.45) is 0 Å². The molecule has 5 aromatic rings. The van der Waals surface area contributed by atoms with Crippen LogP contribution in [0.2, 0.25) is 0 Å². The third kappa shape index (κ3) is 4.73. The lowest BCUT2D eigenvalue weighted by Crippen LogP contribution is -2.26. The summed E-state index contributed by atoms with van der Waals surface area (Å²) in [6.45, 7) is 4.83. The van der Waals surface area contributed by atoms with Gasteiger partial charge < -0.3 is 4.90 Å². The molecule has 1 aromatic heterocycles. The van der Waals surface area contributed by atoms with Crippen LogP contribution in [0.4, 0.5) is 5.69 Å². The first-order chi connectivity index (χ1) is 23.1. The second-order valence-corrected chi connectivity index (χ2v) is 15.0. The average molecular weight is 626 g/mol. The van der Waals surface area contributed by atoms with Gasteiger partial charge in [0.1, 0.15) is 0 Å². The monoisotopic (exact) mass is 625 g/mol. The number of benzene rings is 4. The van der Waals surface area contributed by atoms with Crippen molar-refractivity contribution in [3.63, 3.8) is 0 Å². The van der Waals surface area contributed by atoms with Crippen LogP contribution < -0.4 is 4.90 Å². The molecule has 1 heterocycles. The lowest BCUT2D eigenvalue weighted by Gasteiger charge is -2.35. The van der Waals surface area contributed by atoms with Crippen molar-refractivity contribution < 1.29 is 0 Å². The molecule has 0 radical (unpaired) electrons. The molecule has 0 amide bonds. The number of hydrogen-bond donors (Lipinski definition) is 0. The Labute approximate surface area is 282 Å². The van der Waals surface area contributed by atoms with Crippen LogP contribution in [-0.4, -0.2) is 0 Å². The Morgan fingerprint density at radius 2 is 1.60 bits per heavy atom. The Hall–Kier alpha value is -4.66. The zero-order chi connectivity index (χ0) is 31.5. The number of hydrogen-bond acceptors (Lipinski definition) is 2. The van der Waals surface area contributed by atoms with E-state index >= 15 is 0 Å². The standard InChI is InChI=1S/C45H39NS/c1-45(2)41-20-8-6-16-37(41)38-27-26-35(29-42(38)45)46(33-24-22-31(23-25-33)30-12-4-3-5-13-30)34-15-10-14-32(28-34)36-18-11-19-40-39-17-7-9-21-43(39)47-44(36)40/h3-17,19-22,24,26,28-29,36,38H,18,23,25,27H2,1-2H3. The molecule has 1 nitrogen and oxygen atoms in total. The second kappa shape index (κ2) is 11.2. The summed E-state index contributed by atoms with van der Waals surface area (Å²) in [7, 11) is 0. The Kier molecular flexibility index (Phi) is 6.83. The van der Waals surface area contributed by atoms with Gasteiger partial charge in [0.2, 0.25) is 0 Å². The minimum atomic E-state index is 0.0155. The van der Waals surface area contributed by atoms with Gasteiger partial charge in [0.25, 0.3) is 0 Å². The van der Waals surface area contributed by atoms with Crippen LogP contribution in [-0.2, 0) is 5.41 Å². The summed E-state index contributed by atoms with van der Waals surface area (Å²) in [6.07, 6.45) is 18.6. The quantitative estimate of drug-likeness (QED) is 0.188. The zero-order valence-corrected chi connectivity index (χ0v) is 27.9. The molecule has 4 aliphatic rings. The molecular formula is C45H39NS. The molecule has 230 valence electrons. The fraction of sp³-hybridized carbons (Fsp3) is 0.200. The van der Waals surface area contributed by atoms with Gasteiger partial charge in [-0.1, -0.05) is 129 Å². The lowest BCUT2D eigenvalue weighted by atomic mass is 9.78. The summed E-state index contributed by atoms with van der Waals surface area (Å²) in [4.78, 5) is 4.08. The minimum Gasteiger partial charge on any atom is -0.315 e. The summed E-state index contributed by atoms with van der Waals surface area (Å²) in [5.74, 6) is 0.828. The van der Waals surface area contributed by atoms with Gasteiger partial charge in [-0.05, 0) is 94.8 Å². The van der Waals surface area contributed by atoms with Crippen LogP contribution in [0.3, 0.4) is 0 Å². The van der Waals surface area contributed by atoms with E-state index in [0.29, 0.717) is 11.8 Å². The number of rotatable bonds is 5. The Morgan fingerprint density at radius 3 is 2.47 bits per heavy atom. The molecule has 47 heavy (non-hydrogen) atoms. The average Bonchev–Trinajstić information content (AvgIpc) is 3.61. The van der Waals surface area contributed by atoms with Gasteiger partial charge in [0.05, 0.1) is 0 Å². The number of thiophene rings is 1. The predicted octanol–water partition coefficient (Wildman–Crippen LogP) is 12.3. The van der Waals surface area contributed by atoms with Crippen LogP contribution in [0.1, 0.15) is 84.1 Å². The van der Waals surface area contributed by atoms with Crippen LogP contribution in [0.5, 0.6) is 0 Å². The lowest BCUT2D eigenvalue weighted by molar-refractivity contribution is 0.609. The SMILES string of the molecule is CC1(C)C2=CC(N(C3=CC=C(c4ccccc4)CC3)c3cccc(C4CC=Cc5c4sc4ccccc54)c3)=CCC2c2ccccc21. The van der Waals surface area contributed by atoms with Crippen LogP contribution in [0.25, 0.3) is 21.7 Å². The van der Waals surface area contributed by atoms with Crippen LogP contribution in [0.15, 0.2) is 150 Å². The molecule has 0 bridgehead atoms. The summed E-state index contributed by atoms with van der Waals surface area (Å²) in [5.41, 5.74) is 14.0. The highest BCUT2D eigenvalue weighted by Crippen LogP contribution is 2.54. The van der Waals surface area contributed by atoms with E-state index in [1.165, 1.54) is 65.4 Å². The molecule has 4 aromatic carbocycles. The third-order valence-corrected chi connectivity index (χ3v) is 12.3. The Bertz CT molecular complexity index is 2180. The van der Waals surface area contributed by atoms with Gasteiger partial charge >= 0.3 is 0 Å². The van der Waals surface area contributed by atoms with E-state index in [-0.39, 0.29) is 5.41 Å². The first-order valence-electron chi connectivity index (χ1n) is 17.1. The maximum absolute atomic E-state index is 2.58. The van der Waals surface area contributed by atoms with E-state index in [4.69, 9.17) is 0 Å². The molecular weight excluding hydrogens is 587 g/mol. The molecule has 2 atom stereocenters. The topological polar surface area (TPSA) is 3.24 Å². The van der Waals surface area contributed by atoms with Crippen molar-refractivity contribution in [3.8, 4) is 0 Å². The smallest absolute Gasteiger partial charge is 0.0461 e. The molecule has 0 aliphatic heterocycles. The first-order valence-corrected chi connectivity index (χ1v) is 17.9. The van der Waals surface area contributed by atoms with Crippen molar-refractivity contribution in [1.82, 2.24) is 0 Å². The van der Waals surface area contributed by atoms with Gasteiger partial charge in [-0.3, -0.25) is 0 Å². The van der Waals surface area contributed by atoms with Gasteiger partial charge in [-0.15, -0.1) is 11.3 Å². The van der Waals surface area contributed by atoms with E-state index in [1.807, 2.05) is 11.3 Å². The van der Waals surface area contributed by atoms with Crippen LogP contribution in [0, 0.1) is 0 Å². The number of anilines is 1. The van der Waals surface area contributed by atoms with Gasteiger partial charge in [-0.2, -0.15) is 0 Å². The Balaban J connectivity index is 1.14. The number of fused-ring (bicyclic) bond motifs is 6. The second-order valence-electron chi connectivity index (χ2n) is 13.9. The summed E-state index contributed by atoms with van der Waals surface area (Å²) in [5, 5.41) is 1.38. The van der Waals surface area contributed by atoms with E-state index in [2.05, 4.69) is 158 Å². The minimum absolute atomic E-state index is 0.0155. The Morgan fingerprint density at radius 1 is 0.766 bits per heavy atom. The van der Waals surface area contributed by atoms with Crippen molar-refractivity contribution in [2.45, 2.75) is 56.8 Å². The highest BCUT2D eigenvalue weighted by atomic mass is 32.1. The van der Waals surface area contributed by atoms with Crippen LogP contribution >= 0.6 is 11.3 Å². The summed E-state index contributed by atoms with van der Waals surface area (Å²) < 4.78 is 1.38. The molecule has 0 spiro atoms. The molecule has 2 heteroatoms. The number of allylic oxidation sites excluding steroid dienone is 8. The molecule has 0 saturated heterocycles. The summed E-state index contributed by atoms with van der Waals surface area (Å²) in [6, 6.07) is 38.3. The molecule has 0 saturated carbocycles. The van der Waals surface area contributed by atoms with E-state index in [0.717, 1.165) is 25.7 Å². The van der Waals surface area contributed by atoms with Crippen molar-refractivity contribution in [1.29, 1.82) is 0 Å². The first kappa shape index (κ1) is 28.6. The molecule has 4 aliphatic carbocycles. The fourth-order valence-corrected chi connectivity index (χ4v) is 9.91. The zero-order valence-electron chi connectivity index (χ0n) is 27.1. The summed E-state index contributed by atoms with van der Waals surface area (Å²) >= 11 is 1.97. The van der Waals surface area contributed by atoms with Gasteiger partial charge in [0, 0.05) is 43.9 Å².